The smallest absolute Gasteiger partial charge is 0.324 e. The van der Waals surface area contributed by atoms with E-state index in [1.54, 1.807) is 18.3 Å². The number of hydroxylamine groups is 2. The van der Waals surface area contributed by atoms with Crippen LogP contribution in [-0.4, -0.2) is 32.2 Å². The van der Waals surface area contributed by atoms with Crippen molar-refractivity contribution in [3.63, 3.8) is 0 Å². The highest BCUT2D eigenvalue weighted by atomic mass is 32.1. The third kappa shape index (κ3) is 3.21. The predicted octanol–water partition coefficient (Wildman–Crippen LogP) is 2.71. The number of aromatic nitrogens is 2. The van der Waals surface area contributed by atoms with E-state index in [1.807, 2.05) is 30.3 Å². The number of thiazole rings is 1. The molecule has 31 heavy (non-hydrogen) atoms. The van der Waals surface area contributed by atoms with Crippen molar-refractivity contribution in [3.8, 4) is 0 Å². The second kappa shape index (κ2) is 7.29. The highest BCUT2D eigenvalue weighted by molar-refractivity contribution is 7.17. The minimum Gasteiger partial charge on any atom is -0.324 e. The molecule has 0 bridgehead atoms. The van der Waals surface area contributed by atoms with Gasteiger partial charge in [0.25, 0.3) is 17.4 Å². The molecule has 3 heterocycles. The first-order valence-corrected chi connectivity index (χ1v) is 10.1. The van der Waals surface area contributed by atoms with E-state index in [9.17, 15) is 19.2 Å². The monoisotopic (exact) mass is 431 g/mol. The van der Waals surface area contributed by atoms with E-state index >= 15 is 0 Å². The largest absolute Gasteiger partial charge is 0.371 e. The Hall–Kier alpha value is -4.11. The number of amides is 2. The molecule has 0 N–H and O–H groups in total. The van der Waals surface area contributed by atoms with Crippen molar-refractivity contribution in [2.45, 2.75) is 6.42 Å². The predicted molar refractivity (Wildman–Crippen MR) is 111 cm³/mol. The van der Waals surface area contributed by atoms with Crippen LogP contribution >= 0.6 is 11.3 Å². The van der Waals surface area contributed by atoms with E-state index in [-0.39, 0.29) is 16.7 Å². The lowest BCUT2D eigenvalue weighted by Gasteiger charge is -2.12. The lowest BCUT2D eigenvalue weighted by Crippen LogP contribution is -2.35. The molecular weight excluding hydrogens is 418 g/mol. The summed E-state index contributed by atoms with van der Waals surface area (Å²) in [6.45, 7) is 0. The average Bonchev–Trinajstić information content (AvgIpc) is 3.30. The Labute approximate surface area is 178 Å². The van der Waals surface area contributed by atoms with Crippen LogP contribution in [0, 0.1) is 0 Å². The Morgan fingerprint density at radius 2 is 1.58 bits per heavy atom. The van der Waals surface area contributed by atoms with Crippen LogP contribution < -0.4 is 5.56 Å². The van der Waals surface area contributed by atoms with Gasteiger partial charge in [0.1, 0.15) is 5.56 Å². The molecule has 4 aromatic rings. The number of rotatable bonds is 4. The summed E-state index contributed by atoms with van der Waals surface area (Å²) in [4.78, 5) is 60.6. The van der Waals surface area contributed by atoms with Gasteiger partial charge in [0.05, 0.1) is 17.3 Å². The van der Waals surface area contributed by atoms with E-state index in [2.05, 4.69) is 4.98 Å². The number of carbonyl (C=O) groups excluding carboxylic acids is 3. The number of fused-ring (bicyclic) bond motifs is 2. The fourth-order valence-electron chi connectivity index (χ4n) is 3.33. The molecule has 152 valence electrons. The molecule has 0 saturated heterocycles. The van der Waals surface area contributed by atoms with Crippen molar-refractivity contribution < 1.29 is 19.2 Å². The van der Waals surface area contributed by atoms with Gasteiger partial charge >= 0.3 is 5.97 Å². The second-order valence-corrected chi connectivity index (χ2v) is 7.91. The summed E-state index contributed by atoms with van der Waals surface area (Å²) in [5, 5.41) is 0.371. The maximum atomic E-state index is 12.8. The van der Waals surface area contributed by atoms with E-state index < -0.39 is 23.3 Å². The molecule has 0 spiro atoms. The van der Waals surface area contributed by atoms with E-state index in [0.29, 0.717) is 16.4 Å². The van der Waals surface area contributed by atoms with Crippen LogP contribution in [0.2, 0.25) is 0 Å². The van der Waals surface area contributed by atoms with Crippen LogP contribution in [0.1, 0.15) is 41.5 Å². The Kier molecular flexibility index (Phi) is 4.45. The van der Waals surface area contributed by atoms with Gasteiger partial charge in [0.2, 0.25) is 0 Å². The first-order chi connectivity index (χ1) is 15.0. The maximum Gasteiger partial charge on any atom is 0.371 e. The molecule has 9 heteroatoms. The topological polar surface area (TPSA) is 98.0 Å². The van der Waals surface area contributed by atoms with Gasteiger partial charge in [-0.05, 0) is 17.7 Å². The molecule has 1 aliphatic rings. The standard InChI is InChI=1S/C22H13N3O5S/c26-18-17(21(29)30-25-19(27)15-8-4-5-9-16(15)20(25)28)11-23-22-24(18)12-14(31-22)10-13-6-2-1-3-7-13/h1-9,11-12H,10H2. The third-order valence-electron chi connectivity index (χ3n) is 4.83. The SMILES string of the molecule is O=C(ON1C(=O)c2ccccc2C1=O)c1cnc2sc(Cc3ccccc3)cn2c1=O. The molecule has 0 unspecified atom stereocenters. The van der Waals surface area contributed by atoms with Gasteiger partial charge in [-0.2, -0.15) is 0 Å². The summed E-state index contributed by atoms with van der Waals surface area (Å²) >= 11 is 1.33. The number of carbonyl (C=O) groups is 3. The number of benzene rings is 2. The quantitative estimate of drug-likeness (QED) is 0.461. The Morgan fingerprint density at radius 1 is 0.935 bits per heavy atom. The summed E-state index contributed by atoms with van der Waals surface area (Å²) in [6.07, 6.45) is 3.34. The highest BCUT2D eigenvalue weighted by Crippen LogP contribution is 2.23. The summed E-state index contributed by atoms with van der Waals surface area (Å²) in [5.74, 6) is -2.65. The molecule has 2 aromatic heterocycles. The van der Waals surface area contributed by atoms with Crippen molar-refractivity contribution >= 4 is 34.1 Å². The number of imide groups is 1. The van der Waals surface area contributed by atoms with Gasteiger partial charge in [-0.25, -0.2) is 9.78 Å². The normalized spacial score (nSPS) is 13.0. The van der Waals surface area contributed by atoms with Gasteiger partial charge in [-0.3, -0.25) is 18.8 Å². The van der Waals surface area contributed by atoms with E-state index in [4.69, 9.17) is 4.84 Å². The molecule has 1 aliphatic heterocycles. The number of nitrogens with zero attached hydrogens (tertiary/aromatic N) is 3. The van der Waals surface area contributed by atoms with E-state index in [1.165, 1.54) is 27.9 Å². The Balaban J connectivity index is 1.42. The number of hydrogen-bond acceptors (Lipinski definition) is 7. The first kappa shape index (κ1) is 18.9. The van der Waals surface area contributed by atoms with Gasteiger partial charge in [0, 0.05) is 17.5 Å². The highest BCUT2D eigenvalue weighted by Gasteiger charge is 2.39. The van der Waals surface area contributed by atoms with Gasteiger partial charge in [0.15, 0.2) is 4.96 Å². The van der Waals surface area contributed by atoms with Crippen LogP contribution in [0.5, 0.6) is 0 Å². The van der Waals surface area contributed by atoms with Gasteiger partial charge in [-0.15, -0.1) is 11.3 Å². The lowest BCUT2D eigenvalue weighted by molar-refractivity contribution is -0.0586. The molecular formula is C22H13N3O5S. The molecule has 0 atom stereocenters. The van der Waals surface area contributed by atoms with Gasteiger partial charge in [-0.1, -0.05) is 47.5 Å². The third-order valence-corrected chi connectivity index (χ3v) is 5.82. The molecule has 8 nitrogen and oxygen atoms in total. The summed E-state index contributed by atoms with van der Waals surface area (Å²) in [6, 6.07) is 15.9. The summed E-state index contributed by atoms with van der Waals surface area (Å²) in [7, 11) is 0. The van der Waals surface area contributed by atoms with Crippen LogP contribution in [-0.2, 0) is 11.3 Å². The Bertz CT molecular complexity index is 1390. The summed E-state index contributed by atoms with van der Waals surface area (Å²) in [5.41, 5.74) is 0.329. The van der Waals surface area contributed by atoms with Crippen molar-refractivity contribution in [1.82, 2.24) is 14.4 Å². The fourth-order valence-corrected chi connectivity index (χ4v) is 4.30. The molecule has 0 radical (unpaired) electrons. The minimum absolute atomic E-state index is 0.133. The Morgan fingerprint density at radius 3 is 2.26 bits per heavy atom. The second-order valence-electron chi connectivity index (χ2n) is 6.82. The van der Waals surface area contributed by atoms with Crippen molar-refractivity contribution in [3.05, 3.63) is 104 Å². The van der Waals surface area contributed by atoms with Crippen molar-refractivity contribution in [2.24, 2.45) is 0 Å². The van der Waals surface area contributed by atoms with Crippen LogP contribution in [0.4, 0.5) is 0 Å². The molecule has 0 aliphatic carbocycles. The van der Waals surface area contributed by atoms with Crippen LogP contribution in [0.25, 0.3) is 4.96 Å². The van der Waals surface area contributed by atoms with Crippen LogP contribution in [0.15, 0.2) is 71.8 Å². The summed E-state index contributed by atoms with van der Waals surface area (Å²) < 4.78 is 1.27. The molecule has 0 saturated carbocycles. The number of hydrogen-bond donors (Lipinski definition) is 0. The molecule has 2 aromatic carbocycles. The average molecular weight is 431 g/mol. The molecule has 0 fully saturated rings. The van der Waals surface area contributed by atoms with Crippen molar-refractivity contribution in [2.75, 3.05) is 0 Å². The zero-order chi connectivity index (χ0) is 21.5. The van der Waals surface area contributed by atoms with Crippen LogP contribution in [0.3, 0.4) is 0 Å². The zero-order valence-electron chi connectivity index (χ0n) is 15.8. The van der Waals surface area contributed by atoms with Crippen molar-refractivity contribution in [1.29, 1.82) is 0 Å². The van der Waals surface area contributed by atoms with E-state index in [0.717, 1.165) is 16.6 Å². The minimum atomic E-state index is -1.13. The maximum absolute atomic E-state index is 12.8. The molecule has 2 amide bonds. The zero-order valence-corrected chi connectivity index (χ0v) is 16.7. The first-order valence-electron chi connectivity index (χ1n) is 9.27. The fraction of sp³-hybridized carbons (Fsp3) is 0.0455. The lowest BCUT2D eigenvalue weighted by atomic mass is 10.1. The molecule has 5 rings (SSSR count). The van der Waals surface area contributed by atoms with Gasteiger partial charge < -0.3 is 4.84 Å².